The number of nitrogens with zero attached hydrogens (tertiary/aromatic N) is 5. The normalized spacial score (nSPS) is 22.5. The van der Waals surface area contributed by atoms with Crippen LogP contribution in [0.2, 0.25) is 0 Å². The van der Waals surface area contributed by atoms with Gasteiger partial charge in [0, 0.05) is 47.1 Å². The molecule has 1 aromatic carbocycles. The molecule has 1 N–H and O–H groups in total. The van der Waals surface area contributed by atoms with Gasteiger partial charge in [0.1, 0.15) is 18.2 Å². The van der Waals surface area contributed by atoms with E-state index in [9.17, 15) is 41.0 Å². The monoisotopic (exact) mass is 715 g/mol. The van der Waals surface area contributed by atoms with Crippen molar-refractivity contribution in [2.24, 2.45) is 5.92 Å². The third-order valence-corrected chi connectivity index (χ3v) is 9.26. The molecule has 4 atom stereocenters. The molecule has 2 aromatic heterocycles. The Balaban J connectivity index is 1.37. The molecule has 0 radical (unpaired) electrons. The van der Waals surface area contributed by atoms with Crippen molar-refractivity contribution < 1.29 is 50.5 Å². The van der Waals surface area contributed by atoms with Gasteiger partial charge in [-0.2, -0.15) is 26.3 Å². The number of methoxy groups -OCH3 is 1. The quantitative estimate of drug-likeness (QED) is 0.239. The van der Waals surface area contributed by atoms with Gasteiger partial charge in [0.15, 0.2) is 0 Å². The van der Waals surface area contributed by atoms with E-state index in [1.54, 1.807) is 18.3 Å². The van der Waals surface area contributed by atoms with E-state index in [4.69, 9.17) is 14.5 Å². The van der Waals surface area contributed by atoms with Gasteiger partial charge in [-0.3, -0.25) is 9.47 Å². The molecule has 3 aliphatic rings. The lowest BCUT2D eigenvalue weighted by atomic mass is 9.83. The minimum Gasteiger partial charge on any atom is -0.496 e. The maximum atomic E-state index is 13.7. The molecule has 3 aromatic rings. The van der Waals surface area contributed by atoms with Crippen molar-refractivity contribution in [2.75, 3.05) is 7.11 Å². The number of cyclic esters (lactones) is 1. The van der Waals surface area contributed by atoms with Crippen LogP contribution in [0.1, 0.15) is 58.4 Å². The first kappa shape index (κ1) is 35.4. The van der Waals surface area contributed by atoms with Gasteiger partial charge in [-0.15, -0.1) is 0 Å². The van der Waals surface area contributed by atoms with E-state index in [-0.39, 0.29) is 35.7 Å². The maximum absolute atomic E-state index is 13.7. The first-order valence-electron chi connectivity index (χ1n) is 15.7. The highest BCUT2D eigenvalue weighted by Gasteiger charge is 2.48. The predicted molar refractivity (Wildman–Crippen MR) is 169 cm³/mol. The number of hydrogen-bond donors (Lipinski definition) is 1. The molecular formula is C35H31F6N5O5. The number of halogens is 6. The zero-order valence-electron chi connectivity index (χ0n) is 27.4. The molecule has 6 rings (SSSR count). The fourth-order valence-electron chi connectivity index (χ4n) is 6.67. The molecule has 10 nitrogen and oxygen atoms in total. The average molecular weight is 716 g/mol. The van der Waals surface area contributed by atoms with Crippen LogP contribution in [0.4, 0.5) is 31.1 Å². The molecule has 0 saturated carbocycles. The first-order valence-corrected chi connectivity index (χ1v) is 15.7. The van der Waals surface area contributed by atoms with E-state index >= 15 is 0 Å². The van der Waals surface area contributed by atoms with Crippen LogP contribution in [0.15, 0.2) is 84.3 Å². The molecule has 2 unspecified atom stereocenters. The van der Waals surface area contributed by atoms with E-state index in [1.807, 2.05) is 19.1 Å². The number of amides is 1. The predicted octanol–water partition coefficient (Wildman–Crippen LogP) is 7.48. The van der Waals surface area contributed by atoms with Crippen molar-refractivity contribution in [3.8, 4) is 5.95 Å². The van der Waals surface area contributed by atoms with Crippen LogP contribution in [0, 0.1) is 12.8 Å². The lowest BCUT2D eigenvalue weighted by Crippen LogP contribution is -2.38. The van der Waals surface area contributed by atoms with E-state index in [2.05, 4.69) is 9.97 Å². The fraction of sp³-hybridized carbons (Fsp3) is 0.343. The number of ether oxygens (including phenoxy) is 2. The highest BCUT2D eigenvalue weighted by Crippen LogP contribution is 2.44. The lowest BCUT2D eigenvalue weighted by Gasteiger charge is -2.30. The third kappa shape index (κ3) is 7.12. The Kier molecular flexibility index (Phi) is 9.29. The lowest BCUT2D eigenvalue weighted by molar-refractivity contribution is -0.101. The van der Waals surface area contributed by atoms with Gasteiger partial charge < -0.3 is 14.6 Å². The zero-order valence-corrected chi connectivity index (χ0v) is 27.4. The van der Waals surface area contributed by atoms with Gasteiger partial charge in [-0.25, -0.2) is 24.5 Å². The Morgan fingerprint density at radius 2 is 1.90 bits per heavy atom. The molecule has 16 heteroatoms. The Hall–Kier alpha value is -5.41. The minimum atomic E-state index is -5.05. The van der Waals surface area contributed by atoms with Gasteiger partial charge in [-0.1, -0.05) is 18.2 Å². The third-order valence-electron chi connectivity index (χ3n) is 9.26. The van der Waals surface area contributed by atoms with Gasteiger partial charge in [0.2, 0.25) is 5.95 Å². The van der Waals surface area contributed by atoms with Crippen LogP contribution in [0.5, 0.6) is 0 Å². The Morgan fingerprint density at radius 3 is 2.53 bits per heavy atom. The number of hydrogen-bond acceptors (Lipinski definition) is 7. The zero-order chi connectivity index (χ0) is 36.8. The van der Waals surface area contributed by atoms with Crippen molar-refractivity contribution in [1.29, 1.82) is 0 Å². The van der Waals surface area contributed by atoms with E-state index < -0.39 is 60.0 Å². The number of alkyl halides is 6. The van der Waals surface area contributed by atoms with Crippen LogP contribution < -0.4 is 0 Å². The Bertz CT molecular complexity index is 1980. The Morgan fingerprint density at radius 1 is 1.14 bits per heavy atom. The molecule has 3 heterocycles. The summed E-state index contributed by atoms with van der Waals surface area (Å²) in [5.41, 5.74) is 0.237. The van der Waals surface area contributed by atoms with Gasteiger partial charge >= 0.3 is 24.4 Å². The fourth-order valence-corrected chi connectivity index (χ4v) is 6.67. The van der Waals surface area contributed by atoms with Crippen LogP contribution in [-0.4, -0.2) is 73.2 Å². The number of aromatic carboxylic acids is 1. The molecule has 268 valence electrons. The van der Waals surface area contributed by atoms with E-state index in [1.165, 1.54) is 48.3 Å². The molecular weight excluding hydrogens is 684 g/mol. The van der Waals surface area contributed by atoms with Crippen LogP contribution in [0.3, 0.4) is 0 Å². The summed E-state index contributed by atoms with van der Waals surface area (Å²) < 4.78 is 94.9. The highest BCUT2D eigenvalue weighted by molar-refractivity contribution is 5.88. The molecule has 1 amide bonds. The van der Waals surface area contributed by atoms with Crippen LogP contribution >= 0.6 is 0 Å². The molecule has 2 aliphatic carbocycles. The number of carboxylic acid groups (broad SMARTS) is 1. The van der Waals surface area contributed by atoms with Gasteiger partial charge in [-0.05, 0) is 62.1 Å². The number of aryl methyl sites for hydroxylation is 1. The average Bonchev–Trinajstić information content (AvgIpc) is 3.72. The van der Waals surface area contributed by atoms with E-state index in [0.717, 1.165) is 11.1 Å². The summed E-state index contributed by atoms with van der Waals surface area (Å²) in [6.07, 6.45) is -1.94. The number of allylic oxidation sites excluding steroid dienone is 6. The van der Waals surface area contributed by atoms with Crippen molar-refractivity contribution in [1.82, 2.24) is 24.4 Å². The topological polar surface area (TPSA) is 120 Å². The molecule has 1 aliphatic heterocycles. The standard InChI is InChI=1S/C35H31F6N5O5/c1-18-10-21(31(47)48)4-6-25(18)20-5-7-29(50-3)26(13-20)27-15-43-32(45-9-8-42-17-45)44-28(27)16-46-19(2)30(51-33(46)49)22-11-23(34(36,37)38)14-24(12-22)35(39,40)41/h4,6-11,13-15,17,19-20,22,30H,5,12,16H2,1-3H3,(H,47,48)/t19-,20?,22?,30-/m0/s1. The smallest absolute Gasteiger partial charge is 0.416 e. The summed E-state index contributed by atoms with van der Waals surface area (Å²) >= 11 is 0. The summed E-state index contributed by atoms with van der Waals surface area (Å²) in [7, 11) is 1.48. The highest BCUT2D eigenvalue weighted by atomic mass is 19.4. The van der Waals surface area contributed by atoms with E-state index in [0.29, 0.717) is 29.4 Å². The summed E-state index contributed by atoms with van der Waals surface area (Å²) in [6.45, 7) is 3.06. The molecule has 0 spiro atoms. The number of imidazole rings is 1. The molecule has 0 bridgehead atoms. The second kappa shape index (κ2) is 13.4. The Labute approximate surface area is 287 Å². The summed E-state index contributed by atoms with van der Waals surface area (Å²) in [4.78, 5) is 39.3. The number of rotatable bonds is 8. The number of benzene rings is 1. The summed E-state index contributed by atoms with van der Waals surface area (Å²) in [5.74, 6) is -2.03. The summed E-state index contributed by atoms with van der Waals surface area (Å²) in [5, 5.41) is 9.43. The van der Waals surface area contributed by atoms with Crippen molar-refractivity contribution in [3.05, 3.63) is 112 Å². The first-order chi connectivity index (χ1) is 24.0. The second-order valence-corrected chi connectivity index (χ2v) is 12.4. The SMILES string of the molecule is COC1=CCC(c2ccc(C(=O)O)cc2C)C=C1c1cnc(-n2ccnc2)nc1CN1C(=O)O[C@H](C2C=C(C(F)(F)F)C=C(C(F)(F)F)C2)[C@@H]1C. The maximum Gasteiger partial charge on any atom is 0.416 e. The largest absolute Gasteiger partial charge is 0.496 e. The van der Waals surface area contributed by atoms with Crippen molar-refractivity contribution in [3.63, 3.8) is 0 Å². The van der Waals surface area contributed by atoms with Crippen molar-refractivity contribution in [2.45, 2.75) is 63.7 Å². The number of carbonyl (C=O) groups is 2. The van der Waals surface area contributed by atoms with Gasteiger partial charge in [0.05, 0.1) is 36.5 Å². The number of carbonyl (C=O) groups excluding carboxylic acids is 1. The van der Waals surface area contributed by atoms with Crippen molar-refractivity contribution >= 4 is 17.6 Å². The van der Waals surface area contributed by atoms with Gasteiger partial charge in [0.25, 0.3) is 0 Å². The molecule has 1 saturated heterocycles. The molecule has 1 fully saturated rings. The summed E-state index contributed by atoms with van der Waals surface area (Å²) in [6, 6.07) is 3.89. The molecule has 51 heavy (non-hydrogen) atoms. The van der Waals surface area contributed by atoms with Crippen LogP contribution in [0.25, 0.3) is 11.5 Å². The number of carboxylic acids is 1. The minimum absolute atomic E-state index is 0.0918. The second-order valence-electron chi connectivity index (χ2n) is 12.4. The number of aromatic nitrogens is 4. The van der Waals surface area contributed by atoms with Crippen LogP contribution in [-0.2, 0) is 16.0 Å².